The molecule has 0 bridgehead atoms. The van der Waals surface area contributed by atoms with Crippen LogP contribution >= 0.6 is 15.9 Å². The Hall–Kier alpha value is -1.16. The van der Waals surface area contributed by atoms with Crippen LogP contribution in [-0.4, -0.2) is 18.2 Å². The predicted molar refractivity (Wildman–Crippen MR) is 70.9 cm³/mol. The van der Waals surface area contributed by atoms with Crippen molar-refractivity contribution in [2.45, 2.75) is 26.7 Å². The van der Waals surface area contributed by atoms with Crippen molar-refractivity contribution in [3.05, 3.63) is 33.8 Å². The summed E-state index contributed by atoms with van der Waals surface area (Å²) in [6, 6.07) is 6.08. The molecule has 1 N–H and O–H groups in total. The van der Waals surface area contributed by atoms with Crippen molar-refractivity contribution < 1.29 is 9.59 Å². The topological polar surface area (TPSA) is 46.2 Å². The number of hydrogen-bond donors (Lipinski definition) is 1. The molecule has 0 radical (unpaired) electrons. The third-order valence-corrected chi connectivity index (χ3v) is 2.93. The Balaban J connectivity index is 2.43. The van der Waals surface area contributed by atoms with E-state index in [2.05, 4.69) is 21.2 Å². The standard InChI is InChI=1S/C13H16BrNO2/c1-9-3-4-12(14)8-11(9)5-6-15-13(17)7-10(2)16/h3-4,8H,5-7H2,1-2H3,(H,15,17). The Kier molecular flexibility index (Phi) is 5.35. The number of halogens is 1. The second-order valence-electron chi connectivity index (χ2n) is 4.05. The van der Waals surface area contributed by atoms with E-state index in [-0.39, 0.29) is 18.1 Å². The van der Waals surface area contributed by atoms with Crippen LogP contribution in [-0.2, 0) is 16.0 Å². The number of benzene rings is 1. The average Bonchev–Trinajstić information content (AvgIpc) is 2.22. The minimum atomic E-state index is -0.204. The van der Waals surface area contributed by atoms with Crippen LogP contribution in [0.5, 0.6) is 0 Å². The van der Waals surface area contributed by atoms with Gasteiger partial charge in [-0.1, -0.05) is 22.0 Å². The number of rotatable bonds is 5. The Morgan fingerprint density at radius 2 is 2.06 bits per heavy atom. The lowest BCUT2D eigenvalue weighted by Gasteiger charge is -2.07. The predicted octanol–water partition coefficient (Wildman–Crippen LogP) is 2.40. The van der Waals surface area contributed by atoms with Gasteiger partial charge in [0.05, 0.1) is 6.42 Å². The fraction of sp³-hybridized carbons (Fsp3) is 0.385. The normalized spacial score (nSPS) is 10.1. The average molecular weight is 298 g/mol. The van der Waals surface area contributed by atoms with Crippen LogP contribution in [0.1, 0.15) is 24.5 Å². The Morgan fingerprint density at radius 3 is 2.71 bits per heavy atom. The molecule has 0 heterocycles. The van der Waals surface area contributed by atoms with Gasteiger partial charge in [0.25, 0.3) is 0 Å². The zero-order chi connectivity index (χ0) is 12.8. The minimum absolute atomic E-state index is 0.0303. The third-order valence-electron chi connectivity index (χ3n) is 2.44. The fourth-order valence-corrected chi connectivity index (χ4v) is 1.94. The highest BCUT2D eigenvalue weighted by Gasteiger charge is 2.05. The first-order chi connectivity index (χ1) is 7.99. The van der Waals surface area contributed by atoms with Gasteiger partial charge in [-0.25, -0.2) is 0 Å². The molecule has 0 aromatic heterocycles. The fourth-order valence-electron chi connectivity index (χ4n) is 1.53. The summed E-state index contributed by atoms with van der Waals surface area (Å²) < 4.78 is 1.04. The molecule has 17 heavy (non-hydrogen) atoms. The third kappa shape index (κ3) is 5.13. The summed E-state index contributed by atoms with van der Waals surface area (Å²) in [5.74, 6) is -0.314. The van der Waals surface area contributed by atoms with Gasteiger partial charge < -0.3 is 5.32 Å². The first-order valence-corrected chi connectivity index (χ1v) is 6.29. The molecule has 3 nitrogen and oxygen atoms in total. The summed E-state index contributed by atoms with van der Waals surface area (Å²) in [5, 5.41) is 2.73. The molecule has 0 fully saturated rings. The maximum Gasteiger partial charge on any atom is 0.227 e. The number of carbonyl (C=O) groups is 2. The minimum Gasteiger partial charge on any atom is -0.355 e. The highest BCUT2D eigenvalue weighted by molar-refractivity contribution is 9.10. The van der Waals surface area contributed by atoms with Crippen LogP contribution in [0.3, 0.4) is 0 Å². The van der Waals surface area contributed by atoms with E-state index >= 15 is 0 Å². The number of ketones is 1. The number of amides is 1. The quantitative estimate of drug-likeness (QED) is 0.848. The summed E-state index contributed by atoms with van der Waals surface area (Å²) in [5.41, 5.74) is 2.40. The summed E-state index contributed by atoms with van der Waals surface area (Å²) in [4.78, 5) is 22.0. The van der Waals surface area contributed by atoms with E-state index in [1.165, 1.54) is 18.1 Å². The molecule has 0 aliphatic rings. The Labute approximate surface area is 110 Å². The molecular weight excluding hydrogens is 282 g/mol. The molecule has 0 unspecified atom stereocenters. The molecule has 0 aliphatic heterocycles. The summed E-state index contributed by atoms with van der Waals surface area (Å²) in [6.45, 7) is 4.01. The number of nitrogens with one attached hydrogen (secondary N) is 1. The Bertz CT molecular complexity index is 429. The molecule has 1 aromatic rings. The molecule has 0 spiro atoms. The lowest BCUT2D eigenvalue weighted by atomic mass is 10.1. The van der Waals surface area contributed by atoms with Crippen LogP contribution in [0.25, 0.3) is 0 Å². The maximum absolute atomic E-state index is 11.3. The zero-order valence-electron chi connectivity index (χ0n) is 10.0. The van der Waals surface area contributed by atoms with Gasteiger partial charge in [0.15, 0.2) is 0 Å². The van der Waals surface area contributed by atoms with Crippen LogP contribution in [0, 0.1) is 6.92 Å². The molecule has 0 aliphatic carbocycles. The number of hydrogen-bond acceptors (Lipinski definition) is 2. The molecule has 92 valence electrons. The van der Waals surface area contributed by atoms with Gasteiger partial charge in [-0.05, 0) is 43.5 Å². The van der Waals surface area contributed by atoms with Gasteiger partial charge >= 0.3 is 0 Å². The summed E-state index contributed by atoms with van der Waals surface area (Å²) in [7, 11) is 0. The SMILES string of the molecule is CC(=O)CC(=O)NCCc1cc(Br)ccc1C. The lowest BCUT2D eigenvalue weighted by molar-refractivity contribution is -0.127. The molecule has 0 atom stereocenters. The molecule has 0 saturated heterocycles. The van der Waals surface area contributed by atoms with Crippen LogP contribution in [0.2, 0.25) is 0 Å². The lowest BCUT2D eigenvalue weighted by Crippen LogP contribution is -2.27. The molecule has 1 amide bonds. The van der Waals surface area contributed by atoms with Crippen LogP contribution < -0.4 is 5.32 Å². The van der Waals surface area contributed by atoms with Crippen molar-refractivity contribution >= 4 is 27.6 Å². The Morgan fingerprint density at radius 1 is 1.35 bits per heavy atom. The largest absolute Gasteiger partial charge is 0.355 e. The first-order valence-electron chi connectivity index (χ1n) is 5.50. The van der Waals surface area contributed by atoms with E-state index in [0.717, 1.165) is 10.9 Å². The van der Waals surface area contributed by atoms with E-state index in [1.54, 1.807) is 0 Å². The van der Waals surface area contributed by atoms with E-state index in [9.17, 15) is 9.59 Å². The summed E-state index contributed by atoms with van der Waals surface area (Å²) in [6.07, 6.45) is 0.742. The second kappa shape index (κ2) is 6.55. The van der Waals surface area contributed by atoms with Crippen molar-refractivity contribution in [2.75, 3.05) is 6.54 Å². The van der Waals surface area contributed by atoms with Gasteiger partial charge in [-0.2, -0.15) is 0 Å². The van der Waals surface area contributed by atoms with Gasteiger partial charge in [0, 0.05) is 11.0 Å². The van der Waals surface area contributed by atoms with E-state index < -0.39 is 0 Å². The number of aryl methyl sites for hydroxylation is 1. The van der Waals surface area contributed by atoms with Crippen molar-refractivity contribution in [3.8, 4) is 0 Å². The van der Waals surface area contributed by atoms with Gasteiger partial charge in [-0.3, -0.25) is 9.59 Å². The van der Waals surface area contributed by atoms with Crippen LogP contribution in [0.15, 0.2) is 22.7 Å². The van der Waals surface area contributed by atoms with Gasteiger partial charge in [0.2, 0.25) is 5.91 Å². The molecule has 0 saturated carbocycles. The van der Waals surface area contributed by atoms with E-state index in [1.807, 2.05) is 25.1 Å². The number of Topliss-reactive ketones (excluding diaryl/α,β-unsaturated/α-hetero) is 1. The van der Waals surface area contributed by atoms with E-state index in [4.69, 9.17) is 0 Å². The maximum atomic E-state index is 11.3. The monoisotopic (exact) mass is 297 g/mol. The van der Waals surface area contributed by atoms with Crippen molar-refractivity contribution in [1.29, 1.82) is 0 Å². The molecule has 4 heteroatoms. The summed E-state index contributed by atoms with van der Waals surface area (Å²) >= 11 is 3.42. The molecule has 1 aromatic carbocycles. The molecule has 1 rings (SSSR count). The van der Waals surface area contributed by atoms with Gasteiger partial charge in [-0.15, -0.1) is 0 Å². The second-order valence-corrected chi connectivity index (χ2v) is 4.97. The smallest absolute Gasteiger partial charge is 0.227 e. The van der Waals surface area contributed by atoms with Crippen molar-refractivity contribution in [2.24, 2.45) is 0 Å². The van der Waals surface area contributed by atoms with E-state index in [0.29, 0.717) is 6.54 Å². The highest BCUT2D eigenvalue weighted by Crippen LogP contribution is 2.16. The van der Waals surface area contributed by atoms with Crippen molar-refractivity contribution in [3.63, 3.8) is 0 Å². The first kappa shape index (κ1) is 13.9. The highest BCUT2D eigenvalue weighted by atomic mass is 79.9. The van der Waals surface area contributed by atoms with Crippen LogP contribution in [0.4, 0.5) is 0 Å². The number of carbonyl (C=O) groups excluding carboxylic acids is 2. The molecular formula is C13H16BrNO2. The zero-order valence-corrected chi connectivity index (χ0v) is 11.6. The van der Waals surface area contributed by atoms with Crippen molar-refractivity contribution in [1.82, 2.24) is 5.32 Å². The van der Waals surface area contributed by atoms with Gasteiger partial charge in [0.1, 0.15) is 5.78 Å².